The third kappa shape index (κ3) is 1.71. The summed E-state index contributed by atoms with van der Waals surface area (Å²) in [6.07, 6.45) is -0.393. The molecule has 1 fully saturated rings. The van der Waals surface area contributed by atoms with Gasteiger partial charge in [0.2, 0.25) is 11.8 Å². The number of benzene rings is 1. The lowest BCUT2D eigenvalue weighted by Gasteiger charge is -2.25. The van der Waals surface area contributed by atoms with Crippen molar-refractivity contribution in [1.82, 2.24) is 4.57 Å². The summed E-state index contributed by atoms with van der Waals surface area (Å²) >= 11 is 2.04. The molecule has 1 saturated heterocycles. The van der Waals surface area contributed by atoms with Gasteiger partial charge < -0.3 is 20.1 Å². The zero-order chi connectivity index (χ0) is 17.4. The highest BCUT2D eigenvalue weighted by molar-refractivity contribution is 14.1. The molecular formula is C17H15IN2O4. The van der Waals surface area contributed by atoms with Crippen molar-refractivity contribution in [3.05, 3.63) is 38.5 Å². The van der Waals surface area contributed by atoms with Crippen LogP contribution < -0.4 is 0 Å². The van der Waals surface area contributed by atoms with Gasteiger partial charge >= 0.3 is 0 Å². The quantitative estimate of drug-likeness (QED) is 0.595. The fraction of sp³-hybridized carbons (Fsp3) is 0.353. The summed E-state index contributed by atoms with van der Waals surface area (Å²) in [6, 6.07) is 7.12. The lowest BCUT2D eigenvalue weighted by molar-refractivity contribution is -0.0936. The first-order valence-electron chi connectivity index (χ1n) is 7.49. The molecule has 0 saturated carbocycles. The highest BCUT2D eigenvalue weighted by Gasteiger charge is 2.64. The summed E-state index contributed by atoms with van der Waals surface area (Å²) in [5.41, 5.74) is 0.139. The SMILES string of the molecule is C[C@]12C[C@H](O)[C@](C)(O1)c1c2c(O)n(-c2ccc(C#N)c(I)c2)c1O. The van der Waals surface area contributed by atoms with Gasteiger partial charge in [-0.05, 0) is 54.6 Å². The number of hydrogen-bond acceptors (Lipinski definition) is 5. The number of aliphatic hydroxyl groups excluding tert-OH is 1. The van der Waals surface area contributed by atoms with E-state index < -0.39 is 17.3 Å². The topological polar surface area (TPSA) is 98.6 Å². The number of aromatic nitrogens is 1. The van der Waals surface area contributed by atoms with Crippen LogP contribution in [0.3, 0.4) is 0 Å². The number of halogens is 1. The Morgan fingerprint density at radius 2 is 1.96 bits per heavy atom. The van der Waals surface area contributed by atoms with Crippen molar-refractivity contribution in [3.63, 3.8) is 0 Å². The normalized spacial score (nSPS) is 30.4. The summed E-state index contributed by atoms with van der Waals surface area (Å²) in [5, 5.41) is 40.9. The third-order valence-electron chi connectivity index (χ3n) is 5.13. The van der Waals surface area contributed by atoms with E-state index in [-0.39, 0.29) is 11.8 Å². The van der Waals surface area contributed by atoms with Crippen molar-refractivity contribution in [1.29, 1.82) is 5.26 Å². The van der Waals surface area contributed by atoms with Crippen LogP contribution in [-0.2, 0) is 15.9 Å². The minimum atomic E-state index is -1.04. The maximum absolute atomic E-state index is 10.8. The highest BCUT2D eigenvalue weighted by atomic mass is 127. The number of aromatic hydroxyl groups is 2. The Morgan fingerprint density at radius 1 is 1.29 bits per heavy atom. The number of ether oxygens (including phenoxy) is 1. The van der Waals surface area contributed by atoms with Gasteiger partial charge in [-0.3, -0.25) is 4.57 Å². The van der Waals surface area contributed by atoms with E-state index >= 15 is 0 Å². The summed E-state index contributed by atoms with van der Waals surface area (Å²) < 4.78 is 8.01. The van der Waals surface area contributed by atoms with E-state index in [0.29, 0.717) is 28.8 Å². The number of aliphatic hydroxyl groups is 1. The molecule has 2 aromatic rings. The zero-order valence-electron chi connectivity index (χ0n) is 13.0. The third-order valence-corrected chi connectivity index (χ3v) is 6.03. The molecule has 4 rings (SSSR count). The molecule has 3 N–H and O–H groups in total. The van der Waals surface area contributed by atoms with E-state index in [0.717, 1.165) is 3.57 Å². The van der Waals surface area contributed by atoms with Crippen molar-refractivity contribution in [2.45, 2.75) is 37.6 Å². The summed E-state index contributed by atoms with van der Waals surface area (Å²) in [5.74, 6) is -0.242. The molecule has 0 radical (unpaired) electrons. The number of fused-ring (bicyclic) bond motifs is 5. The molecule has 0 aliphatic carbocycles. The Morgan fingerprint density at radius 3 is 2.58 bits per heavy atom. The molecule has 3 heterocycles. The Kier molecular flexibility index (Phi) is 3.05. The summed E-state index contributed by atoms with van der Waals surface area (Å²) in [7, 11) is 0. The molecule has 7 heteroatoms. The maximum atomic E-state index is 10.8. The standard InChI is InChI=1S/C17H15IN2O4/c1-16-6-11(21)17(2,24-16)13-12(16)14(22)20(15(13)23)9-4-3-8(7-19)10(18)5-9/h3-5,11,21-23H,6H2,1-2H3/t11-,16+,17-/m0/s1. The smallest absolute Gasteiger partial charge is 0.205 e. The Balaban J connectivity index is 1.98. The molecule has 2 aliphatic heterocycles. The first-order chi connectivity index (χ1) is 11.2. The van der Waals surface area contributed by atoms with Crippen LogP contribution in [0, 0.1) is 14.9 Å². The van der Waals surface area contributed by atoms with Crippen molar-refractivity contribution in [2.24, 2.45) is 0 Å². The Hall–Kier alpha value is -1.76. The van der Waals surface area contributed by atoms with E-state index in [1.54, 1.807) is 32.0 Å². The van der Waals surface area contributed by atoms with Gasteiger partial charge in [-0.2, -0.15) is 5.26 Å². The van der Waals surface area contributed by atoms with Crippen LogP contribution in [-0.4, -0.2) is 26.0 Å². The second-order valence-corrected chi connectivity index (χ2v) is 7.83. The van der Waals surface area contributed by atoms with Gasteiger partial charge in [0.25, 0.3) is 0 Å². The minimum Gasteiger partial charge on any atom is -0.494 e. The highest BCUT2D eigenvalue weighted by Crippen LogP contribution is 2.64. The first-order valence-corrected chi connectivity index (χ1v) is 8.56. The number of rotatable bonds is 1. The second kappa shape index (κ2) is 4.65. The number of nitriles is 1. The Bertz CT molecular complexity index is 932. The van der Waals surface area contributed by atoms with Gasteiger partial charge in [0.15, 0.2) is 0 Å². The van der Waals surface area contributed by atoms with Gasteiger partial charge in [0, 0.05) is 9.99 Å². The lowest BCUT2D eigenvalue weighted by atomic mass is 9.78. The van der Waals surface area contributed by atoms with E-state index in [4.69, 9.17) is 10.00 Å². The molecule has 24 heavy (non-hydrogen) atoms. The molecule has 0 amide bonds. The van der Waals surface area contributed by atoms with Crippen molar-refractivity contribution < 1.29 is 20.1 Å². The molecule has 2 bridgehead atoms. The average molecular weight is 438 g/mol. The van der Waals surface area contributed by atoms with Crippen LogP contribution in [0.5, 0.6) is 11.8 Å². The number of nitrogens with zero attached hydrogens (tertiary/aromatic N) is 2. The van der Waals surface area contributed by atoms with Crippen LogP contribution >= 0.6 is 22.6 Å². The van der Waals surface area contributed by atoms with E-state index in [1.165, 1.54) is 4.57 Å². The molecular weight excluding hydrogens is 423 g/mol. The van der Waals surface area contributed by atoms with Crippen molar-refractivity contribution in [2.75, 3.05) is 0 Å². The number of hydrogen-bond donors (Lipinski definition) is 3. The van der Waals surface area contributed by atoms with E-state index in [2.05, 4.69) is 6.07 Å². The van der Waals surface area contributed by atoms with Gasteiger partial charge in [0.1, 0.15) is 11.7 Å². The predicted octanol–water partition coefficient (Wildman–Crippen LogP) is 2.59. The van der Waals surface area contributed by atoms with Crippen LogP contribution in [0.15, 0.2) is 18.2 Å². The molecule has 1 aromatic carbocycles. The Labute approximate surface area is 152 Å². The van der Waals surface area contributed by atoms with Gasteiger partial charge in [-0.15, -0.1) is 0 Å². The fourth-order valence-electron chi connectivity index (χ4n) is 4.01. The average Bonchev–Trinajstić information content (AvgIpc) is 3.01. The van der Waals surface area contributed by atoms with Crippen molar-refractivity contribution >= 4 is 22.6 Å². The molecule has 0 unspecified atom stereocenters. The van der Waals surface area contributed by atoms with E-state index in [1.807, 2.05) is 22.6 Å². The van der Waals surface area contributed by atoms with Gasteiger partial charge in [0.05, 0.1) is 34.1 Å². The van der Waals surface area contributed by atoms with Crippen LogP contribution in [0.1, 0.15) is 37.0 Å². The molecule has 6 nitrogen and oxygen atoms in total. The van der Waals surface area contributed by atoms with Crippen molar-refractivity contribution in [3.8, 4) is 23.5 Å². The first kappa shape index (κ1) is 15.7. The van der Waals surface area contributed by atoms with Crippen LogP contribution in [0.2, 0.25) is 0 Å². The second-order valence-electron chi connectivity index (χ2n) is 6.67. The molecule has 2 aliphatic rings. The lowest BCUT2D eigenvalue weighted by Crippen LogP contribution is -2.32. The van der Waals surface area contributed by atoms with Crippen LogP contribution in [0.4, 0.5) is 0 Å². The molecule has 1 aromatic heterocycles. The zero-order valence-corrected chi connectivity index (χ0v) is 15.2. The van der Waals surface area contributed by atoms with Gasteiger partial charge in [-0.25, -0.2) is 0 Å². The summed E-state index contributed by atoms with van der Waals surface area (Å²) in [6.45, 7) is 3.53. The summed E-state index contributed by atoms with van der Waals surface area (Å²) in [4.78, 5) is 0. The molecule has 3 atom stereocenters. The van der Waals surface area contributed by atoms with Gasteiger partial charge in [-0.1, -0.05) is 0 Å². The molecule has 124 valence electrons. The maximum Gasteiger partial charge on any atom is 0.205 e. The predicted molar refractivity (Wildman–Crippen MR) is 92.9 cm³/mol. The van der Waals surface area contributed by atoms with E-state index in [9.17, 15) is 15.3 Å². The minimum absolute atomic E-state index is 0.0962. The van der Waals surface area contributed by atoms with Crippen LogP contribution in [0.25, 0.3) is 5.69 Å². The largest absolute Gasteiger partial charge is 0.494 e. The fourth-order valence-corrected chi connectivity index (χ4v) is 4.63. The molecule has 0 spiro atoms. The monoisotopic (exact) mass is 438 g/mol.